The number of anilines is 2. The summed E-state index contributed by atoms with van der Waals surface area (Å²) >= 11 is 0. The largest absolute Gasteiger partial charge is 0.441 e. The van der Waals surface area contributed by atoms with Gasteiger partial charge in [0.05, 0.1) is 16.6 Å². The molecule has 4 heteroatoms. The van der Waals surface area contributed by atoms with Crippen LogP contribution in [-0.2, 0) is 15.8 Å². The van der Waals surface area contributed by atoms with Gasteiger partial charge in [0.1, 0.15) is 0 Å². The predicted molar refractivity (Wildman–Crippen MR) is 180 cm³/mol. The molecular weight excluding hydrogens is 528 g/mol. The molecule has 43 heavy (non-hydrogen) atoms. The van der Waals surface area contributed by atoms with E-state index in [1.54, 1.807) is 0 Å². The SMILES string of the molecule is CC.CC1=CC(C)(C)N(C)c2cc3c(cc21)C1(OC(=O)c2ccccc21)c1cc2c(cc1C3(C)C)N(C)C(C)(C)C=C2C. The molecule has 0 aromatic heterocycles. The molecule has 0 radical (unpaired) electrons. The van der Waals surface area contributed by atoms with Gasteiger partial charge in [0.15, 0.2) is 5.60 Å². The van der Waals surface area contributed by atoms with E-state index in [9.17, 15) is 4.79 Å². The Kier molecular flexibility index (Phi) is 6.20. The van der Waals surface area contributed by atoms with Crippen LogP contribution in [0.3, 0.4) is 0 Å². The first-order chi connectivity index (χ1) is 20.1. The van der Waals surface area contributed by atoms with Crippen LogP contribution in [0.4, 0.5) is 11.4 Å². The van der Waals surface area contributed by atoms with E-state index in [0.717, 1.165) is 16.7 Å². The lowest BCUT2D eigenvalue weighted by atomic mass is 9.60. The third kappa shape index (κ3) is 3.71. The average Bonchev–Trinajstić information content (AvgIpc) is 3.26. The highest BCUT2D eigenvalue weighted by Gasteiger charge is 2.56. The van der Waals surface area contributed by atoms with Crippen molar-refractivity contribution in [2.24, 2.45) is 0 Å². The molecule has 0 unspecified atom stereocenters. The normalized spacial score (nSPS) is 20.8. The molecule has 0 atom stereocenters. The third-order valence-electron chi connectivity index (χ3n) is 10.6. The van der Waals surface area contributed by atoms with Gasteiger partial charge in [-0.3, -0.25) is 0 Å². The van der Waals surface area contributed by atoms with Gasteiger partial charge >= 0.3 is 5.97 Å². The van der Waals surface area contributed by atoms with Crippen molar-refractivity contribution < 1.29 is 9.53 Å². The Labute approximate surface area is 258 Å². The first-order valence-corrected chi connectivity index (χ1v) is 15.7. The monoisotopic (exact) mass is 574 g/mol. The van der Waals surface area contributed by atoms with E-state index >= 15 is 0 Å². The molecule has 0 amide bonds. The zero-order valence-corrected chi connectivity index (χ0v) is 28.0. The first kappa shape index (κ1) is 29.3. The van der Waals surface area contributed by atoms with Gasteiger partial charge in [-0.25, -0.2) is 4.79 Å². The molecule has 0 saturated carbocycles. The molecule has 0 N–H and O–H groups in total. The maximum atomic E-state index is 13.6. The number of ether oxygens (including phenoxy) is 1. The van der Waals surface area contributed by atoms with E-state index in [4.69, 9.17) is 4.74 Å². The maximum absolute atomic E-state index is 13.6. The van der Waals surface area contributed by atoms with E-state index in [2.05, 4.69) is 122 Å². The fourth-order valence-electron chi connectivity index (χ4n) is 7.92. The van der Waals surface area contributed by atoms with Gasteiger partial charge in [0.25, 0.3) is 0 Å². The molecule has 0 fully saturated rings. The molecule has 0 saturated heterocycles. The number of carbonyl (C=O) groups excluding carboxylic acids is 1. The molecular formula is C39H46N2O2. The van der Waals surface area contributed by atoms with Crippen LogP contribution < -0.4 is 9.80 Å². The molecule has 4 aliphatic rings. The van der Waals surface area contributed by atoms with Crippen LogP contribution in [0.25, 0.3) is 11.1 Å². The number of allylic oxidation sites excluding steroid dienone is 2. The highest BCUT2D eigenvalue weighted by Crippen LogP contribution is 2.60. The summed E-state index contributed by atoms with van der Waals surface area (Å²) in [6.07, 6.45) is 4.68. The van der Waals surface area contributed by atoms with Crippen LogP contribution in [0.2, 0.25) is 0 Å². The Bertz CT molecular complexity index is 1670. The van der Waals surface area contributed by atoms with Crippen LogP contribution >= 0.6 is 0 Å². The summed E-state index contributed by atoms with van der Waals surface area (Å²) in [5.74, 6) is -0.260. The second-order valence-electron chi connectivity index (χ2n) is 14.2. The van der Waals surface area contributed by atoms with Gasteiger partial charge in [0.2, 0.25) is 0 Å². The molecule has 3 aromatic rings. The molecule has 1 aliphatic carbocycles. The molecule has 4 nitrogen and oxygen atoms in total. The molecule has 3 heterocycles. The highest BCUT2D eigenvalue weighted by molar-refractivity contribution is 5.98. The quantitative estimate of drug-likeness (QED) is 0.251. The first-order valence-electron chi connectivity index (χ1n) is 15.7. The zero-order chi connectivity index (χ0) is 31.4. The summed E-state index contributed by atoms with van der Waals surface area (Å²) < 4.78 is 6.69. The summed E-state index contributed by atoms with van der Waals surface area (Å²) in [6, 6.07) is 17.3. The Morgan fingerprint density at radius 1 is 0.605 bits per heavy atom. The van der Waals surface area contributed by atoms with Crippen LogP contribution in [0.5, 0.6) is 0 Å². The third-order valence-corrected chi connectivity index (χ3v) is 10.6. The van der Waals surface area contributed by atoms with E-state index in [-0.39, 0.29) is 22.5 Å². The molecule has 3 aromatic carbocycles. The van der Waals surface area contributed by atoms with E-state index < -0.39 is 5.60 Å². The number of likely N-dealkylation sites (N-methyl/N-ethyl adjacent to an activating group) is 2. The molecule has 3 aliphatic heterocycles. The van der Waals surface area contributed by atoms with Crippen molar-refractivity contribution in [2.45, 2.75) is 91.3 Å². The van der Waals surface area contributed by atoms with Gasteiger partial charge < -0.3 is 14.5 Å². The second kappa shape index (κ2) is 9.11. The minimum absolute atomic E-state index is 0.108. The van der Waals surface area contributed by atoms with Gasteiger partial charge in [-0.05, 0) is 94.1 Å². The van der Waals surface area contributed by atoms with Crippen molar-refractivity contribution in [2.75, 3.05) is 23.9 Å². The summed E-state index contributed by atoms with van der Waals surface area (Å²) in [5, 5.41) is 0. The average molecular weight is 575 g/mol. The number of carbonyl (C=O) groups is 1. The number of esters is 1. The standard InChI is InChI=1S/C37H40N2O2.C2H6/c1-21-19-34(3,4)38(9)31-17-27-29(15-24(21)31)37(26-14-12-11-13-23(26)33(40)41-37)30-16-25-22(2)20-35(5,6)39(10)32(25)18-28(30)36(27,7)8;1-2/h11-20H,1-10H3;1-2H3. The van der Waals surface area contributed by atoms with Gasteiger partial charge in [-0.1, -0.05) is 58.0 Å². The maximum Gasteiger partial charge on any atom is 0.340 e. The van der Waals surface area contributed by atoms with Crippen molar-refractivity contribution in [3.8, 4) is 0 Å². The van der Waals surface area contributed by atoms with Gasteiger partial charge in [-0.15, -0.1) is 0 Å². The molecule has 7 rings (SSSR count). The van der Waals surface area contributed by atoms with Crippen LogP contribution in [-0.4, -0.2) is 31.1 Å². The van der Waals surface area contributed by atoms with Gasteiger partial charge in [-0.2, -0.15) is 0 Å². The smallest absolute Gasteiger partial charge is 0.340 e. The zero-order valence-electron chi connectivity index (χ0n) is 28.0. The van der Waals surface area contributed by atoms with E-state index in [1.807, 2.05) is 32.0 Å². The van der Waals surface area contributed by atoms with E-state index in [0.29, 0.717) is 5.56 Å². The van der Waals surface area contributed by atoms with Crippen molar-refractivity contribution in [1.82, 2.24) is 0 Å². The number of hydrogen-bond donors (Lipinski definition) is 0. The number of fused-ring (bicyclic) bond motifs is 8. The topological polar surface area (TPSA) is 32.8 Å². The number of nitrogens with zero attached hydrogens (tertiary/aromatic N) is 2. The van der Waals surface area contributed by atoms with Crippen molar-refractivity contribution in [1.29, 1.82) is 0 Å². The Morgan fingerprint density at radius 3 is 1.51 bits per heavy atom. The summed E-state index contributed by atoms with van der Waals surface area (Å²) in [5.41, 5.74) is 11.9. The fraction of sp³-hybridized carbons (Fsp3) is 0.410. The number of rotatable bonds is 0. The minimum Gasteiger partial charge on any atom is -0.441 e. The lowest BCUT2D eigenvalue weighted by Crippen LogP contribution is -2.45. The number of hydrogen-bond acceptors (Lipinski definition) is 4. The van der Waals surface area contributed by atoms with Crippen molar-refractivity contribution in [3.63, 3.8) is 0 Å². The lowest BCUT2D eigenvalue weighted by molar-refractivity contribution is 0.0231. The highest BCUT2D eigenvalue weighted by atomic mass is 16.6. The Morgan fingerprint density at radius 2 is 1.05 bits per heavy atom. The summed E-state index contributed by atoms with van der Waals surface area (Å²) in [7, 11) is 4.36. The predicted octanol–water partition coefficient (Wildman–Crippen LogP) is 9.08. The minimum atomic E-state index is -1.02. The van der Waals surface area contributed by atoms with Crippen LogP contribution in [0.1, 0.15) is 119 Å². The van der Waals surface area contributed by atoms with Gasteiger partial charge in [0, 0.05) is 58.7 Å². The lowest BCUT2D eigenvalue weighted by Gasteiger charge is -2.49. The fourth-order valence-corrected chi connectivity index (χ4v) is 7.92. The van der Waals surface area contributed by atoms with Crippen molar-refractivity contribution >= 4 is 28.5 Å². The molecule has 224 valence electrons. The second-order valence-corrected chi connectivity index (χ2v) is 14.2. The Hall–Kier alpha value is -3.79. The summed E-state index contributed by atoms with van der Waals surface area (Å²) in [4.78, 5) is 18.4. The van der Waals surface area contributed by atoms with E-state index in [1.165, 1.54) is 44.8 Å². The van der Waals surface area contributed by atoms with Crippen LogP contribution in [0, 0.1) is 0 Å². The Balaban J connectivity index is 0.00000161. The summed E-state index contributed by atoms with van der Waals surface area (Å²) in [6.45, 7) is 22.1. The number of benzene rings is 3. The molecule has 1 spiro atoms. The molecule has 0 bridgehead atoms. The van der Waals surface area contributed by atoms with Crippen LogP contribution in [0.15, 0.2) is 60.7 Å². The van der Waals surface area contributed by atoms with Crippen molar-refractivity contribution in [3.05, 3.63) is 105 Å².